The highest BCUT2D eigenvalue weighted by Gasteiger charge is 1.95. The second-order valence-electron chi connectivity index (χ2n) is 2.93. The molecule has 1 N–H and O–H groups in total. The molecule has 0 radical (unpaired) electrons. The van der Waals surface area contributed by atoms with Gasteiger partial charge in [0.2, 0.25) is 0 Å². The first kappa shape index (κ1) is 10.5. The van der Waals surface area contributed by atoms with E-state index in [1.807, 2.05) is 25.1 Å². The molecule has 0 aliphatic heterocycles. The molecule has 13 heavy (non-hydrogen) atoms. The van der Waals surface area contributed by atoms with Crippen molar-refractivity contribution in [1.29, 1.82) is 0 Å². The molecule has 0 aliphatic rings. The summed E-state index contributed by atoms with van der Waals surface area (Å²) in [6.45, 7) is 2.46. The van der Waals surface area contributed by atoms with Crippen LogP contribution in [-0.4, -0.2) is 13.2 Å². The van der Waals surface area contributed by atoms with Crippen LogP contribution < -0.4 is 5.32 Å². The van der Waals surface area contributed by atoms with Crippen LogP contribution in [0.15, 0.2) is 22.7 Å². The number of rotatable bonds is 4. The van der Waals surface area contributed by atoms with Gasteiger partial charge in [0, 0.05) is 16.7 Å². The summed E-state index contributed by atoms with van der Waals surface area (Å²) in [5.41, 5.74) is 2.24. The van der Waals surface area contributed by atoms with Crippen LogP contribution in [0.25, 0.3) is 0 Å². The molecular formula is C10H13BrFN. The Kier molecular flexibility index (Phi) is 4.22. The van der Waals surface area contributed by atoms with Gasteiger partial charge in [0.1, 0.15) is 0 Å². The number of benzene rings is 1. The fraction of sp³-hybridized carbons (Fsp3) is 0.400. The summed E-state index contributed by atoms with van der Waals surface area (Å²) in [6.07, 6.45) is 0.565. The van der Waals surface area contributed by atoms with Gasteiger partial charge in [-0.25, -0.2) is 0 Å². The van der Waals surface area contributed by atoms with Crippen LogP contribution in [0.4, 0.5) is 10.1 Å². The Bertz CT molecular complexity index is 276. The molecule has 0 amide bonds. The molecule has 1 nitrogen and oxygen atoms in total. The lowest BCUT2D eigenvalue weighted by Crippen LogP contribution is -2.02. The average molecular weight is 246 g/mol. The predicted molar refractivity (Wildman–Crippen MR) is 58.0 cm³/mol. The van der Waals surface area contributed by atoms with Crippen LogP contribution in [0.3, 0.4) is 0 Å². The van der Waals surface area contributed by atoms with E-state index in [0.717, 1.165) is 10.2 Å². The van der Waals surface area contributed by atoms with Crippen molar-refractivity contribution in [2.24, 2.45) is 0 Å². The highest BCUT2D eigenvalue weighted by atomic mass is 79.9. The van der Waals surface area contributed by atoms with Crippen molar-refractivity contribution in [2.45, 2.75) is 13.3 Å². The second-order valence-corrected chi connectivity index (χ2v) is 3.79. The van der Waals surface area contributed by atoms with E-state index < -0.39 is 0 Å². The fourth-order valence-corrected chi connectivity index (χ4v) is 1.30. The van der Waals surface area contributed by atoms with Crippen molar-refractivity contribution >= 4 is 21.6 Å². The second kappa shape index (κ2) is 5.22. The molecule has 1 aromatic carbocycles. The molecule has 0 aliphatic carbocycles. The SMILES string of the molecule is Cc1cc(NCCCF)ccc1Br. The van der Waals surface area contributed by atoms with Crippen LogP contribution in [0, 0.1) is 6.92 Å². The Morgan fingerprint density at radius 1 is 1.46 bits per heavy atom. The zero-order valence-electron chi connectivity index (χ0n) is 7.61. The Morgan fingerprint density at radius 2 is 2.23 bits per heavy atom. The predicted octanol–water partition coefficient (Wildman–Crippen LogP) is 3.53. The summed E-state index contributed by atoms with van der Waals surface area (Å²) in [6, 6.07) is 6.02. The third kappa shape index (κ3) is 3.35. The first-order chi connectivity index (χ1) is 6.24. The maximum Gasteiger partial charge on any atom is 0.0911 e. The summed E-state index contributed by atoms with van der Waals surface area (Å²) in [5, 5.41) is 3.15. The van der Waals surface area contributed by atoms with E-state index in [2.05, 4.69) is 21.2 Å². The third-order valence-corrected chi connectivity index (χ3v) is 2.69. The van der Waals surface area contributed by atoms with Gasteiger partial charge in [0.25, 0.3) is 0 Å². The molecule has 0 aromatic heterocycles. The number of halogens is 2. The smallest absolute Gasteiger partial charge is 0.0911 e. The lowest BCUT2D eigenvalue weighted by molar-refractivity contribution is 0.481. The maximum absolute atomic E-state index is 11.8. The van der Waals surface area contributed by atoms with Crippen molar-refractivity contribution in [1.82, 2.24) is 0 Å². The Hall–Kier alpha value is -0.570. The highest BCUT2D eigenvalue weighted by molar-refractivity contribution is 9.10. The van der Waals surface area contributed by atoms with Crippen LogP contribution in [-0.2, 0) is 0 Å². The molecule has 72 valence electrons. The van der Waals surface area contributed by atoms with Gasteiger partial charge >= 0.3 is 0 Å². The van der Waals surface area contributed by atoms with Gasteiger partial charge in [0.05, 0.1) is 6.67 Å². The first-order valence-electron chi connectivity index (χ1n) is 4.30. The Balaban J connectivity index is 2.53. The zero-order chi connectivity index (χ0) is 9.68. The average Bonchev–Trinajstić information content (AvgIpc) is 2.12. The largest absolute Gasteiger partial charge is 0.385 e. The van der Waals surface area contributed by atoms with Crippen molar-refractivity contribution in [3.05, 3.63) is 28.2 Å². The monoisotopic (exact) mass is 245 g/mol. The maximum atomic E-state index is 11.8. The molecule has 0 saturated heterocycles. The molecule has 3 heteroatoms. The van der Waals surface area contributed by atoms with E-state index in [-0.39, 0.29) is 6.67 Å². The standard InChI is InChI=1S/C10H13BrFN/c1-8-7-9(3-4-10(8)11)13-6-2-5-12/h3-4,7,13H,2,5-6H2,1H3. The zero-order valence-corrected chi connectivity index (χ0v) is 9.20. The number of hydrogen-bond donors (Lipinski definition) is 1. The van der Waals surface area contributed by atoms with Crippen molar-refractivity contribution < 1.29 is 4.39 Å². The van der Waals surface area contributed by atoms with Crippen LogP contribution in [0.1, 0.15) is 12.0 Å². The van der Waals surface area contributed by atoms with E-state index in [0.29, 0.717) is 13.0 Å². The molecule has 0 spiro atoms. The molecule has 1 aromatic rings. The molecule has 1 rings (SSSR count). The summed E-state index contributed by atoms with van der Waals surface area (Å²) in [4.78, 5) is 0. The third-order valence-electron chi connectivity index (χ3n) is 1.80. The first-order valence-corrected chi connectivity index (χ1v) is 5.09. The fourth-order valence-electron chi connectivity index (χ4n) is 1.05. The van der Waals surface area contributed by atoms with Gasteiger partial charge in [0.15, 0.2) is 0 Å². The molecule has 0 saturated carbocycles. The highest BCUT2D eigenvalue weighted by Crippen LogP contribution is 2.19. The van der Waals surface area contributed by atoms with E-state index >= 15 is 0 Å². The summed E-state index contributed by atoms with van der Waals surface area (Å²) in [7, 11) is 0. The summed E-state index contributed by atoms with van der Waals surface area (Å²) in [5.74, 6) is 0. The minimum Gasteiger partial charge on any atom is -0.385 e. The van der Waals surface area contributed by atoms with Crippen molar-refractivity contribution in [3.8, 4) is 0 Å². The number of nitrogens with one attached hydrogen (secondary N) is 1. The van der Waals surface area contributed by atoms with Gasteiger partial charge in [-0.3, -0.25) is 4.39 Å². The molecule has 0 fully saturated rings. The van der Waals surface area contributed by atoms with Gasteiger partial charge in [-0.15, -0.1) is 0 Å². The normalized spacial score (nSPS) is 10.1. The Morgan fingerprint density at radius 3 is 2.85 bits per heavy atom. The van der Waals surface area contributed by atoms with Crippen LogP contribution >= 0.6 is 15.9 Å². The quantitative estimate of drug-likeness (QED) is 0.801. The number of hydrogen-bond acceptors (Lipinski definition) is 1. The van der Waals surface area contributed by atoms with Crippen molar-refractivity contribution in [2.75, 3.05) is 18.5 Å². The van der Waals surface area contributed by atoms with Gasteiger partial charge < -0.3 is 5.32 Å². The van der Waals surface area contributed by atoms with E-state index in [1.54, 1.807) is 0 Å². The molecule has 0 atom stereocenters. The topological polar surface area (TPSA) is 12.0 Å². The van der Waals surface area contributed by atoms with Crippen molar-refractivity contribution in [3.63, 3.8) is 0 Å². The lowest BCUT2D eigenvalue weighted by atomic mass is 10.2. The minimum absolute atomic E-state index is 0.261. The number of alkyl halides is 1. The lowest BCUT2D eigenvalue weighted by Gasteiger charge is -2.06. The number of aryl methyl sites for hydroxylation is 1. The van der Waals surface area contributed by atoms with Crippen LogP contribution in [0.2, 0.25) is 0 Å². The summed E-state index contributed by atoms with van der Waals surface area (Å²) < 4.78 is 12.9. The van der Waals surface area contributed by atoms with E-state index in [9.17, 15) is 4.39 Å². The Labute approximate surface area is 86.5 Å². The van der Waals surface area contributed by atoms with Gasteiger partial charge in [-0.05, 0) is 37.1 Å². The van der Waals surface area contributed by atoms with E-state index in [4.69, 9.17) is 0 Å². The molecule has 0 heterocycles. The van der Waals surface area contributed by atoms with Gasteiger partial charge in [-0.2, -0.15) is 0 Å². The van der Waals surface area contributed by atoms with Crippen LogP contribution in [0.5, 0.6) is 0 Å². The molecular weight excluding hydrogens is 233 g/mol. The minimum atomic E-state index is -0.261. The number of anilines is 1. The van der Waals surface area contributed by atoms with Gasteiger partial charge in [-0.1, -0.05) is 15.9 Å². The van der Waals surface area contributed by atoms with E-state index in [1.165, 1.54) is 5.56 Å². The molecule has 0 unspecified atom stereocenters. The molecule has 0 bridgehead atoms. The summed E-state index contributed by atoms with van der Waals surface area (Å²) >= 11 is 3.42.